The summed E-state index contributed by atoms with van der Waals surface area (Å²) in [6.07, 6.45) is 0.984. The van der Waals surface area contributed by atoms with E-state index in [2.05, 4.69) is 40.3 Å². The highest BCUT2D eigenvalue weighted by Crippen LogP contribution is 2.37. The van der Waals surface area contributed by atoms with Crippen LogP contribution in [0.4, 0.5) is 17.2 Å². The standard InChI is InChI=1S/C21H19N3O/c1-15-14-16-8-5-6-12-19(16)24(15)20-13-7-11-18(23-20)21(25)22-17-9-3-2-4-10-17/h2-13,15H,14H2,1H3,(H,22,25). The van der Waals surface area contributed by atoms with Crippen molar-refractivity contribution in [3.05, 3.63) is 84.1 Å². The molecule has 4 nitrogen and oxygen atoms in total. The molecule has 124 valence electrons. The normalized spacial score (nSPS) is 15.7. The van der Waals surface area contributed by atoms with Crippen LogP contribution >= 0.6 is 0 Å². The summed E-state index contributed by atoms with van der Waals surface area (Å²) in [5.74, 6) is 0.603. The van der Waals surface area contributed by atoms with Crippen molar-refractivity contribution in [3.63, 3.8) is 0 Å². The van der Waals surface area contributed by atoms with Gasteiger partial charge in [0.1, 0.15) is 11.5 Å². The molecule has 1 unspecified atom stereocenters. The number of benzene rings is 2. The number of carbonyl (C=O) groups is 1. The maximum Gasteiger partial charge on any atom is 0.274 e. The summed E-state index contributed by atoms with van der Waals surface area (Å²) in [4.78, 5) is 19.3. The van der Waals surface area contributed by atoms with E-state index >= 15 is 0 Å². The molecule has 1 atom stereocenters. The van der Waals surface area contributed by atoms with Crippen LogP contribution in [0.3, 0.4) is 0 Å². The summed E-state index contributed by atoms with van der Waals surface area (Å²) in [6, 6.07) is 23.7. The number of hydrogen-bond donors (Lipinski definition) is 1. The first-order chi connectivity index (χ1) is 12.2. The fourth-order valence-corrected chi connectivity index (χ4v) is 3.32. The Morgan fingerprint density at radius 3 is 2.60 bits per heavy atom. The number of anilines is 3. The van der Waals surface area contributed by atoms with Crippen LogP contribution in [0.5, 0.6) is 0 Å². The van der Waals surface area contributed by atoms with Gasteiger partial charge in [0, 0.05) is 17.4 Å². The van der Waals surface area contributed by atoms with E-state index < -0.39 is 0 Å². The second kappa shape index (κ2) is 6.40. The van der Waals surface area contributed by atoms with Gasteiger partial charge >= 0.3 is 0 Å². The number of aromatic nitrogens is 1. The molecular weight excluding hydrogens is 310 g/mol. The molecule has 4 heteroatoms. The number of para-hydroxylation sites is 2. The van der Waals surface area contributed by atoms with Crippen LogP contribution in [0.1, 0.15) is 23.0 Å². The number of fused-ring (bicyclic) bond motifs is 1. The first kappa shape index (κ1) is 15.4. The molecule has 0 bridgehead atoms. The number of amides is 1. The zero-order valence-corrected chi connectivity index (χ0v) is 14.0. The lowest BCUT2D eigenvalue weighted by Crippen LogP contribution is -2.25. The molecule has 4 rings (SSSR count). The molecular formula is C21H19N3O. The van der Waals surface area contributed by atoms with Gasteiger partial charge in [0.05, 0.1) is 0 Å². The molecule has 0 saturated carbocycles. The topological polar surface area (TPSA) is 45.2 Å². The van der Waals surface area contributed by atoms with Crippen molar-refractivity contribution in [3.8, 4) is 0 Å². The Balaban J connectivity index is 1.63. The summed E-state index contributed by atoms with van der Waals surface area (Å²) in [5.41, 5.74) is 3.66. The predicted octanol–water partition coefficient (Wildman–Crippen LogP) is 4.42. The largest absolute Gasteiger partial charge is 0.323 e. The first-order valence-corrected chi connectivity index (χ1v) is 8.43. The fraction of sp³-hybridized carbons (Fsp3) is 0.143. The van der Waals surface area contributed by atoms with Gasteiger partial charge in [-0.3, -0.25) is 4.79 Å². The van der Waals surface area contributed by atoms with Gasteiger partial charge in [-0.15, -0.1) is 0 Å². The van der Waals surface area contributed by atoms with Crippen molar-refractivity contribution in [2.75, 3.05) is 10.2 Å². The molecule has 0 saturated heterocycles. The van der Waals surface area contributed by atoms with Gasteiger partial charge in [0.2, 0.25) is 0 Å². The van der Waals surface area contributed by atoms with Crippen LogP contribution in [-0.2, 0) is 6.42 Å². The Morgan fingerprint density at radius 1 is 1.00 bits per heavy atom. The third-order valence-corrected chi connectivity index (χ3v) is 4.45. The third-order valence-electron chi connectivity index (χ3n) is 4.45. The van der Waals surface area contributed by atoms with E-state index in [1.807, 2.05) is 48.5 Å². The highest BCUT2D eigenvalue weighted by molar-refractivity contribution is 6.03. The molecule has 0 aliphatic carbocycles. The van der Waals surface area contributed by atoms with Gasteiger partial charge in [-0.05, 0) is 49.2 Å². The molecule has 1 aliphatic rings. The van der Waals surface area contributed by atoms with Crippen molar-refractivity contribution >= 4 is 23.1 Å². The van der Waals surface area contributed by atoms with Crippen LogP contribution in [0.25, 0.3) is 0 Å². The van der Waals surface area contributed by atoms with Crippen LogP contribution in [0, 0.1) is 0 Å². The molecule has 1 aliphatic heterocycles. The van der Waals surface area contributed by atoms with Gasteiger partial charge in [-0.1, -0.05) is 42.5 Å². The number of nitrogens with one attached hydrogen (secondary N) is 1. The van der Waals surface area contributed by atoms with Crippen LogP contribution in [0.15, 0.2) is 72.8 Å². The zero-order chi connectivity index (χ0) is 17.2. The van der Waals surface area contributed by atoms with E-state index in [1.165, 1.54) is 11.3 Å². The van der Waals surface area contributed by atoms with E-state index in [-0.39, 0.29) is 5.91 Å². The van der Waals surface area contributed by atoms with Crippen molar-refractivity contribution in [1.29, 1.82) is 0 Å². The van der Waals surface area contributed by atoms with Crippen molar-refractivity contribution in [1.82, 2.24) is 4.98 Å². The summed E-state index contributed by atoms with van der Waals surface area (Å²) in [6.45, 7) is 2.18. The molecule has 0 radical (unpaired) electrons. The van der Waals surface area contributed by atoms with Crippen LogP contribution in [0.2, 0.25) is 0 Å². The minimum absolute atomic E-state index is 0.201. The van der Waals surface area contributed by atoms with E-state index in [0.717, 1.165) is 17.9 Å². The van der Waals surface area contributed by atoms with Crippen molar-refractivity contribution < 1.29 is 4.79 Å². The van der Waals surface area contributed by atoms with Crippen molar-refractivity contribution in [2.24, 2.45) is 0 Å². The van der Waals surface area contributed by atoms with Gasteiger partial charge in [0.15, 0.2) is 0 Å². The number of nitrogens with zero attached hydrogens (tertiary/aromatic N) is 2. The average Bonchev–Trinajstić information content (AvgIpc) is 2.98. The summed E-state index contributed by atoms with van der Waals surface area (Å²) in [5, 5.41) is 2.89. The monoisotopic (exact) mass is 329 g/mol. The smallest absolute Gasteiger partial charge is 0.274 e. The average molecular weight is 329 g/mol. The lowest BCUT2D eigenvalue weighted by molar-refractivity contribution is 0.102. The minimum Gasteiger partial charge on any atom is -0.323 e. The lowest BCUT2D eigenvalue weighted by atomic mass is 10.1. The first-order valence-electron chi connectivity index (χ1n) is 8.43. The highest BCUT2D eigenvalue weighted by atomic mass is 16.1. The summed E-state index contributed by atoms with van der Waals surface area (Å²) < 4.78 is 0. The van der Waals surface area contributed by atoms with Gasteiger partial charge in [-0.2, -0.15) is 0 Å². The highest BCUT2D eigenvalue weighted by Gasteiger charge is 2.27. The molecule has 1 amide bonds. The van der Waals surface area contributed by atoms with Gasteiger partial charge in [0.25, 0.3) is 5.91 Å². The number of hydrogen-bond acceptors (Lipinski definition) is 3. The molecule has 2 aromatic carbocycles. The quantitative estimate of drug-likeness (QED) is 0.774. The van der Waals surface area contributed by atoms with E-state index in [1.54, 1.807) is 6.07 Å². The molecule has 3 aromatic rings. The summed E-state index contributed by atoms with van der Waals surface area (Å²) >= 11 is 0. The Hall–Kier alpha value is -3.14. The van der Waals surface area contributed by atoms with E-state index in [0.29, 0.717) is 11.7 Å². The van der Waals surface area contributed by atoms with Gasteiger partial charge in [-0.25, -0.2) is 4.98 Å². The lowest BCUT2D eigenvalue weighted by Gasteiger charge is -2.24. The predicted molar refractivity (Wildman–Crippen MR) is 100 cm³/mol. The summed E-state index contributed by atoms with van der Waals surface area (Å²) in [7, 11) is 0. The van der Waals surface area contributed by atoms with Crippen molar-refractivity contribution in [2.45, 2.75) is 19.4 Å². The second-order valence-corrected chi connectivity index (χ2v) is 6.25. The van der Waals surface area contributed by atoms with Crippen LogP contribution < -0.4 is 10.2 Å². The Kier molecular flexibility index (Phi) is 3.94. The molecule has 25 heavy (non-hydrogen) atoms. The number of rotatable bonds is 3. The molecule has 1 aromatic heterocycles. The van der Waals surface area contributed by atoms with Crippen LogP contribution in [-0.4, -0.2) is 16.9 Å². The van der Waals surface area contributed by atoms with E-state index in [9.17, 15) is 4.79 Å². The molecule has 0 fully saturated rings. The second-order valence-electron chi connectivity index (χ2n) is 6.25. The Morgan fingerprint density at radius 2 is 1.76 bits per heavy atom. The van der Waals surface area contributed by atoms with Gasteiger partial charge < -0.3 is 10.2 Å². The zero-order valence-electron chi connectivity index (χ0n) is 14.0. The Labute approximate surface area is 147 Å². The number of pyridine rings is 1. The third kappa shape index (κ3) is 2.98. The Bertz CT molecular complexity index is 908. The maximum absolute atomic E-state index is 12.5. The van der Waals surface area contributed by atoms with E-state index in [4.69, 9.17) is 0 Å². The SMILES string of the molecule is CC1Cc2ccccc2N1c1cccc(C(=O)Nc2ccccc2)n1. The number of carbonyl (C=O) groups excluding carboxylic acids is 1. The fourth-order valence-electron chi connectivity index (χ4n) is 3.32. The maximum atomic E-state index is 12.5. The molecule has 2 heterocycles. The minimum atomic E-state index is -0.201. The molecule has 0 spiro atoms. The molecule has 1 N–H and O–H groups in total.